The van der Waals surface area contributed by atoms with Gasteiger partial charge >= 0.3 is 0 Å². The van der Waals surface area contributed by atoms with Crippen LogP contribution in [-0.2, 0) is 32.7 Å². The smallest absolute Gasteiger partial charge is 0.238 e. The van der Waals surface area contributed by atoms with Crippen molar-refractivity contribution in [2.45, 2.75) is 68.7 Å². The highest BCUT2D eigenvalue weighted by molar-refractivity contribution is 7.99. The normalized spacial score (nSPS) is 15.8. The Balaban J connectivity index is 1.57. The van der Waals surface area contributed by atoms with E-state index in [0.717, 1.165) is 37.2 Å². The fourth-order valence-electron chi connectivity index (χ4n) is 3.68. The minimum atomic E-state index is -3.75. The molecule has 12 heteroatoms. The summed E-state index contributed by atoms with van der Waals surface area (Å²) >= 11 is 1.29. The Morgan fingerprint density at radius 3 is 2.61 bits per heavy atom. The highest BCUT2D eigenvalue weighted by Crippen LogP contribution is 2.21. The molecule has 1 aromatic carbocycles. The number of benzene rings is 1. The van der Waals surface area contributed by atoms with Crippen molar-refractivity contribution in [3.05, 3.63) is 35.7 Å². The molecule has 0 radical (unpaired) electrons. The molecule has 3 rings (SSSR count). The molecule has 1 aliphatic rings. The molecule has 1 fully saturated rings. The molecule has 1 saturated heterocycles. The van der Waals surface area contributed by atoms with Gasteiger partial charge in [-0.1, -0.05) is 30.3 Å². The van der Waals surface area contributed by atoms with Gasteiger partial charge in [0.15, 0.2) is 11.0 Å². The van der Waals surface area contributed by atoms with Gasteiger partial charge in [-0.05, 0) is 44.4 Å². The van der Waals surface area contributed by atoms with Crippen LogP contribution in [0.5, 0.6) is 0 Å². The van der Waals surface area contributed by atoms with Crippen LogP contribution in [0.2, 0.25) is 0 Å². The van der Waals surface area contributed by atoms with Gasteiger partial charge in [0.25, 0.3) is 0 Å². The van der Waals surface area contributed by atoms with Crippen molar-refractivity contribution in [3.8, 4) is 0 Å². The van der Waals surface area contributed by atoms with Crippen LogP contribution in [0.4, 0.5) is 0 Å². The quantitative estimate of drug-likeness (QED) is 0.507. The number of rotatable bonds is 9. The Morgan fingerprint density at radius 1 is 1.21 bits per heavy atom. The average molecular weight is 495 g/mol. The summed E-state index contributed by atoms with van der Waals surface area (Å²) in [5.74, 6) is 0.843. The first kappa shape index (κ1) is 25.2. The lowest BCUT2D eigenvalue weighted by Gasteiger charge is -2.20. The lowest BCUT2D eigenvalue weighted by atomic mass is 10.1. The third kappa shape index (κ3) is 6.78. The molecule has 33 heavy (non-hydrogen) atoms. The maximum atomic E-state index is 12.5. The fraction of sp³-hybridized carbons (Fsp3) is 0.524. The van der Waals surface area contributed by atoms with E-state index in [1.54, 1.807) is 12.1 Å². The highest BCUT2D eigenvalue weighted by Gasteiger charge is 2.21. The second-order valence-corrected chi connectivity index (χ2v) is 10.5. The summed E-state index contributed by atoms with van der Waals surface area (Å²) < 4.78 is 24.7. The second kappa shape index (κ2) is 11.1. The van der Waals surface area contributed by atoms with E-state index in [4.69, 9.17) is 5.14 Å². The summed E-state index contributed by atoms with van der Waals surface area (Å²) in [7, 11) is -3.75. The minimum absolute atomic E-state index is 0.0249. The molecule has 10 nitrogen and oxygen atoms in total. The molecule has 1 atom stereocenters. The van der Waals surface area contributed by atoms with Gasteiger partial charge < -0.3 is 14.8 Å². The van der Waals surface area contributed by atoms with Crippen LogP contribution < -0.4 is 10.5 Å². The Morgan fingerprint density at radius 2 is 1.94 bits per heavy atom. The molecule has 0 saturated carbocycles. The SMILES string of the molecule is CCn1c(CN2CCCCCC2=O)nnc1SCC(=O)N[C@@H](C)c1ccc(S(N)(=O)=O)cc1. The van der Waals surface area contributed by atoms with Crippen molar-refractivity contribution < 1.29 is 18.0 Å². The number of nitrogens with one attached hydrogen (secondary N) is 1. The molecule has 0 unspecified atom stereocenters. The van der Waals surface area contributed by atoms with Crippen LogP contribution in [0.15, 0.2) is 34.3 Å². The van der Waals surface area contributed by atoms with Gasteiger partial charge in [-0.3, -0.25) is 9.59 Å². The number of aromatic nitrogens is 3. The lowest BCUT2D eigenvalue weighted by Crippen LogP contribution is -2.31. The van der Waals surface area contributed by atoms with Crippen LogP contribution in [0.1, 0.15) is 57.0 Å². The molecule has 180 valence electrons. The number of hydrogen-bond donors (Lipinski definition) is 2. The van der Waals surface area contributed by atoms with Crippen LogP contribution in [-0.4, -0.2) is 52.2 Å². The van der Waals surface area contributed by atoms with Crippen molar-refractivity contribution in [3.63, 3.8) is 0 Å². The molecule has 3 N–H and O–H groups in total. The van der Waals surface area contributed by atoms with Gasteiger partial charge in [0.2, 0.25) is 21.8 Å². The molecule has 0 spiro atoms. The standard InChI is InChI=1S/C21H30N6O4S2/c1-3-27-18(13-26-12-6-4-5-7-20(26)29)24-25-21(27)32-14-19(28)23-15(2)16-8-10-17(11-9-16)33(22,30)31/h8-11,15H,3-7,12-14H2,1-2H3,(H,23,28)(H2,22,30,31)/t15-/m0/s1. The largest absolute Gasteiger partial charge is 0.349 e. The number of amides is 2. The zero-order valence-electron chi connectivity index (χ0n) is 18.9. The number of primary sulfonamides is 1. The first-order valence-corrected chi connectivity index (χ1v) is 13.5. The van der Waals surface area contributed by atoms with Crippen LogP contribution in [0.25, 0.3) is 0 Å². The summed E-state index contributed by atoms with van der Waals surface area (Å²) in [5, 5.41) is 17.1. The summed E-state index contributed by atoms with van der Waals surface area (Å²) in [4.78, 5) is 26.6. The monoisotopic (exact) mass is 494 g/mol. The van der Waals surface area contributed by atoms with E-state index in [2.05, 4.69) is 15.5 Å². The van der Waals surface area contributed by atoms with Gasteiger partial charge in [-0.25, -0.2) is 13.6 Å². The van der Waals surface area contributed by atoms with Crippen molar-refractivity contribution in [1.29, 1.82) is 0 Å². The molecule has 2 amide bonds. The molecule has 2 heterocycles. The summed E-state index contributed by atoms with van der Waals surface area (Å²) in [6, 6.07) is 5.79. The molecule has 1 aliphatic heterocycles. The van der Waals surface area contributed by atoms with Crippen molar-refractivity contribution in [2.24, 2.45) is 5.14 Å². The summed E-state index contributed by atoms with van der Waals surface area (Å²) in [6.07, 6.45) is 3.57. The molecule has 2 aromatic rings. The van der Waals surface area contributed by atoms with Gasteiger partial charge in [0.05, 0.1) is 23.2 Å². The first-order chi connectivity index (χ1) is 15.7. The Hall–Kier alpha value is -2.44. The molecular weight excluding hydrogens is 464 g/mol. The van der Waals surface area contributed by atoms with Crippen molar-refractivity contribution in [2.75, 3.05) is 12.3 Å². The third-order valence-electron chi connectivity index (χ3n) is 5.53. The van der Waals surface area contributed by atoms with Crippen molar-refractivity contribution in [1.82, 2.24) is 25.0 Å². The van der Waals surface area contributed by atoms with Gasteiger partial charge in [0.1, 0.15) is 0 Å². The summed E-state index contributed by atoms with van der Waals surface area (Å²) in [5.41, 5.74) is 0.766. The average Bonchev–Trinajstić information content (AvgIpc) is 3.05. The Bertz CT molecular complexity index is 1080. The van der Waals surface area contributed by atoms with E-state index >= 15 is 0 Å². The van der Waals surface area contributed by atoms with E-state index in [1.807, 2.05) is 23.3 Å². The lowest BCUT2D eigenvalue weighted by molar-refractivity contribution is -0.131. The van der Waals surface area contributed by atoms with Crippen molar-refractivity contribution >= 4 is 33.6 Å². The van der Waals surface area contributed by atoms with E-state index < -0.39 is 10.0 Å². The number of carbonyl (C=O) groups excluding carboxylic acids is 2. The summed E-state index contributed by atoms with van der Waals surface area (Å²) in [6.45, 7) is 5.60. The molecule has 0 aliphatic carbocycles. The maximum Gasteiger partial charge on any atom is 0.238 e. The van der Waals surface area contributed by atoms with E-state index in [1.165, 1.54) is 23.9 Å². The Labute approximate surface area is 198 Å². The number of nitrogens with zero attached hydrogens (tertiary/aromatic N) is 4. The zero-order valence-corrected chi connectivity index (χ0v) is 20.5. The predicted octanol–water partition coefficient (Wildman–Crippen LogP) is 1.82. The van der Waals surface area contributed by atoms with E-state index in [9.17, 15) is 18.0 Å². The number of hydrogen-bond acceptors (Lipinski definition) is 7. The minimum Gasteiger partial charge on any atom is -0.349 e. The van der Waals surface area contributed by atoms with Crippen LogP contribution in [0, 0.1) is 0 Å². The van der Waals surface area contributed by atoms with E-state index in [-0.39, 0.29) is 28.5 Å². The Kier molecular flexibility index (Phi) is 8.49. The van der Waals surface area contributed by atoms with Gasteiger partial charge in [-0.2, -0.15) is 0 Å². The van der Waals surface area contributed by atoms with Gasteiger partial charge in [-0.15, -0.1) is 10.2 Å². The zero-order chi connectivity index (χ0) is 24.0. The number of likely N-dealkylation sites (tertiary alicyclic amines) is 1. The number of carbonyl (C=O) groups is 2. The topological polar surface area (TPSA) is 140 Å². The predicted molar refractivity (Wildman–Crippen MR) is 125 cm³/mol. The second-order valence-electron chi connectivity index (χ2n) is 7.96. The fourth-order valence-corrected chi connectivity index (χ4v) is 5.03. The van der Waals surface area contributed by atoms with Crippen LogP contribution >= 0.6 is 11.8 Å². The molecule has 0 bridgehead atoms. The van der Waals surface area contributed by atoms with Crippen LogP contribution in [0.3, 0.4) is 0 Å². The molecule has 1 aromatic heterocycles. The number of thioether (sulfide) groups is 1. The van der Waals surface area contributed by atoms with E-state index in [0.29, 0.717) is 24.7 Å². The molecular formula is C21H30N6O4S2. The number of nitrogens with two attached hydrogens (primary N) is 1. The first-order valence-electron chi connectivity index (χ1n) is 10.9. The maximum absolute atomic E-state index is 12.5. The highest BCUT2D eigenvalue weighted by atomic mass is 32.2. The number of sulfonamides is 1. The third-order valence-corrected chi connectivity index (χ3v) is 7.43. The van der Waals surface area contributed by atoms with Gasteiger partial charge in [0, 0.05) is 19.5 Å².